The largest absolute Gasteiger partial charge is 0.396 e. The van der Waals surface area contributed by atoms with Crippen LogP contribution in [0.3, 0.4) is 0 Å². The van der Waals surface area contributed by atoms with E-state index in [1.807, 2.05) is 0 Å². The van der Waals surface area contributed by atoms with Crippen LogP contribution in [0.4, 0.5) is 11.4 Å². The topological polar surface area (TPSA) is 95.7 Å². The molecule has 2 atom stereocenters. The summed E-state index contributed by atoms with van der Waals surface area (Å²) in [5, 5.41) is 23.6. The zero-order chi connectivity index (χ0) is 17.5. The lowest BCUT2D eigenvalue weighted by atomic mass is 9.95. The van der Waals surface area contributed by atoms with Crippen LogP contribution in [0.1, 0.15) is 32.1 Å². The van der Waals surface area contributed by atoms with Gasteiger partial charge in [-0.2, -0.15) is 0 Å². The molecule has 0 heterocycles. The van der Waals surface area contributed by atoms with Crippen molar-refractivity contribution in [3.8, 4) is 0 Å². The molecule has 0 aromatic heterocycles. The first-order valence-corrected chi connectivity index (χ1v) is 8.37. The van der Waals surface area contributed by atoms with E-state index in [1.165, 1.54) is 6.07 Å². The van der Waals surface area contributed by atoms with Crippen LogP contribution in [0, 0.1) is 16.0 Å². The van der Waals surface area contributed by atoms with Gasteiger partial charge in [0.2, 0.25) is 5.91 Å². The molecule has 1 fully saturated rings. The van der Waals surface area contributed by atoms with Crippen molar-refractivity contribution in [3.63, 3.8) is 0 Å². The number of hydrogen-bond acceptors (Lipinski definition) is 5. The molecule has 2 unspecified atom stereocenters. The van der Waals surface area contributed by atoms with Crippen molar-refractivity contribution >= 4 is 17.3 Å². The molecular formula is C17H25N3O4. The molecule has 132 valence electrons. The molecule has 0 saturated heterocycles. The zero-order valence-electron chi connectivity index (χ0n) is 14.0. The minimum absolute atomic E-state index is 0.0181. The number of aliphatic hydroxyl groups excluding tert-OH is 1. The fourth-order valence-electron chi connectivity index (χ4n) is 3.29. The van der Waals surface area contributed by atoms with E-state index in [9.17, 15) is 20.0 Å². The Morgan fingerprint density at radius 1 is 1.33 bits per heavy atom. The van der Waals surface area contributed by atoms with E-state index in [0.717, 1.165) is 32.1 Å². The Morgan fingerprint density at radius 3 is 2.75 bits per heavy atom. The standard InChI is InChI=1S/C17H25N3O4/c1-19(15-9-5-6-10-16(15)20(23)24)11-17(22)18-14-8-4-2-3-7-13(14)12-21/h5-6,9-10,13-14,21H,2-4,7-8,11-12H2,1H3,(H,18,22). The highest BCUT2D eigenvalue weighted by Crippen LogP contribution is 2.26. The van der Waals surface area contributed by atoms with Crippen LogP contribution in [-0.4, -0.2) is 42.2 Å². The van der Waals surface area contributed by atoms with E-state index in [-0.39, 0.29) is 36.7 Å². The Morgan fingerprint density at radius 2 is 2.04 bits per heavy atom. The SMILES string of the molecule is CN(CC(=O)NC1CCCCCC1CO)c1ccccc1[N+](=O)[O-]. The van der Waals surface area contributed by atoms with E-state index in [4.69, 9.17) is 0 Å². The molecule has 0 bridgehead atoms. The predicted molar refractivity (Wildman–Crippen MR) is 92.0 cm³/mol. The van der Waals surface area contributed by atoms with Gasteiger partial charge in [-0.3, -0.25) is 14.9 Å². The van der Waals surface area contributed by atoms with Gasteiger partial charge in [-0.1, -0.05) is 31.4 Å². The van der Waals surface area contributed by atoms with Crippen molar-refractivity contribution in [1.29, 1.82) is 0 Å². The van der Waals surface area contributed by atoms with Crippen LogP contribution in [0.5, 0.6) is 0 Å². The molecule has 7 heteroatoms. The van der Waals surface area contributed by atoms with Gasteiger partial charge in [-0.05, 0) is 18.9 Å². The first kappa shape index (κ1) is 18.2. The monoisotopic (exact) mass is 335 g/mol. The number of carbonyl (C=O) groups excluding carboxylic acids is 1. The first-order chi connectivity index (χ1) is 11.5. The fraction of sp³-hybridized carbons (Fsp3) is 0.588. The molecule has 1 amide bonds. The van der Waals surface area contributed by atoms with Crippen molar-refractivity contribution in [2.75, 3.05) is 25.1 Å². The molecule has 0 radical (unpaired) electrons. The van der Waals surface area contributed by atoms with Gasteiger partial charge in [0.15, 0.2) is 0 Å². The van der Waals surface area contributed by atoms with E-state index in [0.29, 0.717) is 5.69 Å². The maximum absolute atomic E-state index is 12.3. The minimum Gasteiger partial charge on any atom is -0.396 e. The van der Waals surface area contributed by atoms with E-state index in [1.54, 1.807) is 30.1 Å². The zero-order valence-corrected chi connectivity index (χ0v) is 14.0. The summed E-state index contributed by atoms with van der Waals surface area (Å²) in [5.41, 5.74) is 0.396. The quantitative estimate of drug-likeness (QED) is 0.471. The molecule has 24 heavy (non-hydrogen) atoms. The van der Waals surface area contributed by atoms with Crippen LogP contribution in [0.25, 0.3) is 0 Å². The van der Waals surface area contributed by atoms with Crippen LogP contribution < -0.4 is 10.2 Å². The minimum atomic E-state index is -0.448. The van der Waals surface area contributed by atoms with Crippen LogP contribution in [-0.2, 0) is 4.79 Å². The second kappa shape index (κ2) is 8.63. The Bertz CT molecular complexity index is 579. The third-order valence-corrected chi connectivity index (χ3v) is 4.61. The number of likely N-dealkylation sites (N-methyl/N-ethyl adjacent to an activating group) is 1. The Kier molecular flexibility index (Phi) is 6.54. The number of hydrogen-bond donors (Lipinski definition) is 2. The molecule has 1 aliphatic carbocycles. The smallest absolute Gasteiger partial charge is 0.292 e. The highest BCUT2D eigenvalue weighted by Gasteiger charge is 2.25. The van der Waals surface area contributed by atoms with E-state index in [2.05, 4.69) is 5.32 Å². The van der Waals surface area contributed by atoms with Gasteiger partial charge in [-0.25, -0.2) is 0 Å². The van der Waals surface area contributed by atoms with Crippen LogP contribution >= 0.6 is 0 Å². The summed E-state index contributed by atoms with van der Waals surface area (Å²) < 4.78 is 0. The summed E-state index contributed by atoms with van der Waals surface area (Å²) in [6.45, 7) is 0.116. The normalized spacial score (nSPS) is 20.9. The number of rotatable bonds is 6. The third kappa shape index (κ3) is 4.67. The molecule has 1 saturated carbocycles. The summed E-state index contributed by atoms with van der Waals surface area (Å²) in [5.74, 6) is -0.0891. The van der Waals surface area contributed by atoms with E-state index < -0.39 is 4.92 Å². The molecular weight excluding hydrogens is 310 g/mol. The highest BCUT2D eigenvalue weighted by molar-refractivity contribution is 5.82. The lowest BCUT2D eigenvalue weighted by Crippen LogP contribution is -2.45. The summed E-state index contributed by atoms with van der Waals surface area (Å²) in [7, 11) is 1.67. The van der Waals surface area contributed by atoms with Crippen molar-refractivity contribution in [2.24, 2.45) is 5.92 Å². The van der Waals surface area contributed by atoms with Crippen molar-refractivity contribution in [3.05, 3.63) is 34.4 Å². The van der Waals surface area contributed by atoms with Gasteiger partial charge in [0.25, 0.3) is 5.69 Å². The summed E-state index contributed by atoms with van der Waals surface area (Å²) in [4.78, 5) is 24.6. The Hall–Kier alpha value is -2.15. The summed E-state index contributed by atoms with van der Waals surface area (Å²) in [6.07, 6.45) is 5.03. The van der Waals surface area contributed by atoms with Crippen molar-refractivity contribution in [2.45, 2.75) is 38.1 Å². The molecule has 0 spiro atoms. The molecule has 2 N–H and O–H groups in total. The Labute approximate surface area is 141 Å². The number of benzene rings is 1. The van der Waals surface area contributed by atoms with Gasteiger partial charge in [-0.15, -0.1) is 0 Å². The molecule has 7 nitrogen and oxygen atoms in total. The number of nitrogens with zero attached hydrogens (tertiary/aromatic N) is 2. The molecule has 1 aromatic carbocycles. The second-order valence-electron chi connectivity index (χ2n) is 6.36. The van der Waals surface area contributed by atoms with Crippen LogP contribution in [0.2, 0.25) is 0 Å². The van der Waals surface area contributed by atoms with Gasteiger partial charge in [0, 0.05) is 31.7 Å². The average molecular weight is 335 g/mol. The highest BCUT2D eigenvalue weighted by atomic mass is 16.6. The second-order valence-corrected chi connectivity index (χ2v) is 6.36. The maximum atomic E-state index is 12.3. The molecule has 0 aliphatic heterocycles. The number of para-hydroxylation sites is 2. The number of nitrogens with one attached hydrogen (secondary N) is 1. The van der Waals surface area contributed by atoms with Crippen molar-refractivity contribution in [1.82, 2.24) is 5.32 Å². The van der Waals surface area contributed by atoms with Crippen molar-refractivity contribution < 1.29 is 14.8 Å². The van der Waals surface area contributed by atoms with Gasteiger partial charge < -0.3 is 15.3 Å². The number of amides is 1. The average Bonchev–Trinajstić information content (AvgIpc) is 2.79. The Balaban J connectivity index is 2.00. The number of nitro groups is 1. The maximum Gasteiger partial charge on any atom is 0.292 e. The lowest BCUT2D eigenvalue weighted by Gasteiger charge is -2.26. The predicted octanol–water partition coefficient (Wildman–Crippen LogP) is 2.09. The number of anilines is 1. The lowest BCUT2D eigenvalue weighted by molar-refractivity contribution is -0.384. The summed E-state index contributed by atoms with van der Waals surface area (Å²) >= 11 is 0. The summed E-state index contributed by atoms with van der Waals surface area (Å²) in [6, 6.07) is 6.35. The van der Waals surface area contributed by atoms with E-state index >= 15 is 0 Å². The van der Waals surface area contributed by atoms with Crippen LogP contribution in [0.15, 0.2) is 24.3 Å². The first-order valence-electron chi connectivity index (χ1n) is 8.37. The van der Waals surface area contributed by atoms with Gasteiger partial charge in [0.1, 0.15) is 5.69 Å². The fourth-order valence-corrected chi connectivity index (χ4v) is 3.29. The molecule has 1 aliphatic rings. The number of carbonyl (C=O) groups is 1. The van der Waals surface area contributed by atoms with Gasteiger partial charge in [0.05, 0.1) is 11.5 Å². The third-order valence-electron chi connectivity index (χ3n) is 4.61. The molecule has 1 aromatic rings. The van der Waals surface area contributed by atoms with Gasteiger partial charge >= 0.3 is 0 Å². The molecule has 2 rings (SSSR count). The number of aliphatic hydroxyl groups is 1. The number of nitro benzene ring substituents is 1.